The predicted octanol–water partition coefficient (Wildman–Crippen LogP) is 0.254. The van der Waals surface area contributed by atoms with Crippen molar-refractivity contribution in [3.63, 3.8) is 0 Å². The Bertz CT molecular complexity index is 444. The Kier molecular flexibility index (Phi) is 3.91. The van der Waals surface area contributed by atoms with Crippen molar-refractivity contribution in [2.75, 3.05) is 18.8 Å². The first-order chi connectivity index (χ1) is 8.15. The summed E-state index contributed by atoms with van der Waals surface area (Å²) >= 11 is 0. The molecular formula is C12H16N2O2S. The number of carbonyl (C=O) groups excluding carboxylic acids is 1. The number of primary amides is 1. The van der Waals surface area contributed by atoms with Crippen molar-refractivity contribution in [2.24, 2.45) is 11.7 Å². The third-order valence-corrected chi connectivity index (χ3v) is 4.33. The number of amides is 1. The fraction of sp³-hybridized carbons (Fsp3) is 0.417. The summed E-state index contributed by atoms with van der Waals surface area (Å²) in [6.45, 7) is 1.93. The van der Waals surface area contributed by atoms with Crippen LogP contribution in [0.3, 0.4) is 0 Å². The van der Waals surface area contributed by atoms with Crippen LogP contribution in [0.15, 0.2) is 24.3 Å². The van der Waals surface area contributed by atoms with Crippen LogP contribution >= 0.6 is 0 Å². The van der Waals surface area contributed by atoms with Crippen molar-refractivity contribution in [1.29, 1.82) is 0 Å². The molecule has 1 aromatic carbocycles. The largest absolute Gasteiger partial charge is 0.366 e. The lowest BCUT2D eigenvalue weighted by Crippen LogP contribution is -2.44. The van der Waals surface area contributed by atoms with Crippen LogP contribution in [-0.4, -0.2) is 29.0 Å². The first-order valence-corrected chi connectivity index (χ1v) is 7.08. The van der Waals surface area contributed by atoms with Crippen LogP contribution in [0.1, 0.15) is 15.9 Å². The third-order valence-electron chi connectivity index (χ3n) is 2.83. The van der Waals surface area contributed by atoms with E-state index in [1.807, 2.05) is 6.07 Å². The fourth-order valence-electron chi connectivity index (χ4n) is 1.79. The van der Waals surface area contributed by atoms with E-state index in [9.17, 15) is 9.00 Å². The highest BCUT2D eigenvalue weighted by atomic mass is 32.2. The number of nitrogens with two attached hydrogens (primary N) is 1. The molecule has 0 saturated carbocycles. The van der Waals surface area contributed by atoms with Crippen LogP contribution in [0.2, 0.25) is 0 Å². The Balaban J connectivity index is 1.95. The molecule has 3 N–H and O–H groups in total. The summed E-state index contributed by atoms with van der Waals surface area (Å²) in [6.07, 6.45) is 0. The molecule has 0 bridgehead atoms. The average Bonchev–Trinajstić information content (AvgIpc) is 2.24. The monoisotopic (exact) mass is 252 g/mol. The van der Waals surface area contributed by atoms with Gasteiger partial charge in [0.25, 0.3) is 0 Å². The van der Waals surface area contributed by atoms with Gasteiger partial charge >= 0.3 is 0 Å². The molecule has 5 heteroatoms. The highest BCUT2D eigenvalue weighted by Crippen LogP contribution is 2.11. The van der Waals surface area contributed by atoms with Gasteiger partial charge in [-0.2, -0.15) is 0 Å². The quantitative estimate of drug-likeness (QED) is 0.789. The second-order valence-electron chi connectivity index (χ2n) is 4.34. The van der Waals surface area contributed by atoms with E-state index in [4.69, 9.17) is 5.73 Å². The minimum atomic E-state index is -0.863. The van der Waals surface area contributed by atoms with Gasteiger partial charge in [-0.05, 0) is 23.6 Å². The number of rotatable bonds is 5. The molecule has 1 atom stereocenters. The Morgan fingerprint density at radius 3 is 2.82 bits per heavy atom. The smallest absolute Gasteiger partial charge is 0.248 e. The summed E-state index contributed by atoms with van der Waals surface area (Å²) in [5.41, 5.74) is 6.59. The summed E-state index contributed by atoms with van der Waals surface area (Å²) in [4.78, 5) is 11.0. The van der Waals surface area contributed by atoms with Gasteiger partial charge < -0.3 is 11.1 Å². The molecule has 1 aliphatic heterocycles. The van der Waals surface area contributed by atoms with Gasteiger partial charge in [-0.1, -0.05) is 12.1 Å². The van der Waals surface area contributed by atoms with E-state index < -0.39 is 16.7 Å². The molecular weight excluding hydrogens is 236 g/mol. The summed E-state index contributed by atoms with van der Waals surface area (Å²) in [6, 6.07) is 7.05. The van der Waals surface area contributed by atoms with Crippen LogP contribution in [0, 0.1) is 5.92 Å². The van der Waals surface area contributed by atoms with Gasteiger partial charge in [-0.15, -0.1) is 0 Å². The fourth-order valence-corrected chi connectivity index (χ4v) is 3.22. The van der Waals surface area contributed by atoms with Crippen molar-refractivity contribution >= 4 is 16.7 Å². The number of benzene rings is 1. The maximum atomic E-state index is 11.9. The SMILES string of the molecule is NC(=O)c1cccc(CS(=O)CC2CNC2)c1. The molecule has 0 aliphatic carbocycles. The molecule has 1 aliphatic rings. The van der Waals surface area contributed by atoms with Crippen LogP contribution < -0.4 is 11.1 Å². The molecule has 92 valence electrons. The molecule has 1 heterocycles. The maximum absolute atomic E-state index is 11.9. The molecule has 0 spiro atoms. The summed E-state index contributed by atoms with van der Waals surface area (Å²) in [5.74, 6) is 1.32. The Morgan fingerprint density at radius 1 is 1.47 bits per heavy atom. The Morgan fingerprint density at radius 2 is 2.24 bits per heavy atom. The van der Waals surface area contributed by atoms with Gasteiger partial charge in [0.15, 0.2) is 0 Å². The van der Waals surface area contributed by atoms with Crippen molar-refractivity contribution in [3.05, 3.63) is 35.4 Å². The number of hydrogen-bond acceptors (Lipinski definition) is 3. The zero-order valence-electron chi connectivity index (χ0n) is 9.52. The second-order valence-corrected chi connectivity index (χ2v) is 5.84. The maximum Gasteiger partial charge on any atom is 0.248 e. The van der Waals surface area contributed by atoms with Crippen LogP contribution in [0.5, 0.6) is 0 Å². The zero-order valence-corrected chi connectivity index (χ0v) is 10.3. The van der Waals surface area contributed by atoms with E-state index in [1.165, 1.54) is 0 Å². The van der Waals surface area contributed by atoms with Gasteiger partial charge in [-0.3, -0.25) is 9.00 Å². The van der Waals surface area contributed by atoms with E-state index in [1.54, 1.807) is 18.2 Å². The van der Waals surface area contributed by atoms with E-state index in [-0.39, 0.29) is 0 Å². The van der Waals surface area contributed by atoms with Crippen LogP contribution in [0.4, 0.5) is 0 Å². The summed E-state index contributed by atoms with van der Waals surface area (Å²) in [5, 5.41) is 3.16. The molecule has 1 aromatic rings. The third kappa shape index (κ3) is 3.38. The second kappa shape index (κ2) is 5.42. The number of nitrogens with one attached hydrogen (secondary N) is 1. The lowest BCUT2D eigenvalue weighted by molar-refractivity contribution is 0.1000. The van der Waals surface area contributed by atoms with Gasteiger partial charge in [0, 0.05) is 41.0 Å². The van der Waals surface area contributed by atoms with Gasteiger partial charge in [-0.25, -0.2) is 0 Å². The molecule has 1 saturated heterocycles. The van der Waals surface area contributed by atoms with Crippen molar-refractivity contribution < 1.29 is 9.00 Å². The number of hydrogen-bond donors (Lipinski definition) is 2. The minimum Gasteiger partial charge on any atom is -0.366 e. The molecule has 17 heavy (non-hydrogen) atoms. The molecule has 0 radical (unpaired) electrons. The lowest BCUT2D eigenvalue weighted by Gasteiger charge is -2.26. The van der Waals surface area contributed by atoms with E-state index in [0.717, 1.165) is 24.4 Å². The van der Waals surface area contributed by atoms with Crippen molar-refractivity contribution in [1.82, 2.24) is 5.32 Å². The Labute approximate surface area is 103 Å². The minimum absolute atomic E-state index is 0.444. The van der Waals surface area contributed by atoms with Gasteiger partial charge in [0.2, 0.25) is 5.91 Å². The summed E-state index contributed by atoms with van der Waals surface area (Å²) in [7, 11) is -0.863. The van der Waals surface area contributed by atoms with Crippen LogP contribution in [-0.2, 0) is 16.6 Å². The lowest BCUT2D eigenvalue weighted by atomic mass is 10.1. The Hall–Kier alpha value is -1.20. The highest BCUT2D eigenvalue weighted by Gasteiger charge is 2.19. The molecule has 2 rings (SSSR count). The molecule has 1 unspecified atom stereocenters. The molecule has 0 aromatic heterocycles. The van der Waals surface area contributed by atoms with E-state index in [0.29, 0.717) is 17.2 Å². The molecule has 1 fully saturated rings. The zero-order chi connectivity index (χ0) is 12.3. The summed E-state index contributed by atoms with van der Waals surface area (Å²) < 4.78 is 11.9. The first-order valence-electron chi connectivity index (χ1n) is 5.59. The van der Waals surface area contributed by atoms with Crippen molar-refractivity contribution in [2.45, 2.75) is 5.75 Å². The normalized spacial score (nSPS) is 17.4. The molecule has 1 amide bonds. The number of carbonyl (C=O) groups is 1. The topological polar surface area (TPSA) is 72.2 Å². The van der Waals surface area contributed by atoms with Gasteiger partial charge in [0.1, 0.15) is 0 Å². The van der Waals surface area contributed by atoms with Crippen molar-refractivity contribution in [3.8, 4) is 0 Å². The van der Waals surface area contributed by atoms with Gasteiger partial charge in [0.05, 0.1) is 0 Å². The average molecular weight is 252 g/mol. The highest BCUT2D eigenvalue weighted by molar-refractivity contribution is 7.84. The van der Waals surface area contributed by atoms with Crippen LogP contribution in [0.25, 0.3) is 0 Å². The first kappa shape index (κ1) is 12.3. The predicted molar refractivity (Wildman–Crippen MR) is 68.0 cm³/mol. The van der Waals surface area contributed by atoms with E-state index >= 15 is 0 Å². The standard InChI is InChI=1S/C12H16N2O2S/c13-12(15)11-3-1-2-9(4-11)7-17(16)8-10-5-14-6-10/h1-4,10,14H,5-8H2,(H2,13,15). The van der Waals surface area contributed by atoms with E-state index in [2.05, 4.69) is 5.32 Å². The molecule has 4 nitrogen and oxygen atoms in total.